The van der Waals surface area contributed by atoms with Gasteiger partial charge in [0.2, 0.25) is 0 Å². The zero-order chi connectivity index (χ0) is 16.6. The summed E-state index contributed by atoms with van der Waals surface area (Å²) in [4.78, 5) is 0. The molecule has 0 aliphatic carbocycles. The molecule has 2 fully saturated rings. The number of ether oxygens (including phenoxy) is 3. The smallest absolute Gasteiger partial charge is 0.161 e. The zero-order valence-corrected chi connectivity index (χ0v) is 15.7. The van der Waals surface area contributed by atoms with E-state index >= 15 is 0 Å². The van der Waals surface area contributed by atoms with Gasteiger partial charge in [-0.05, 0) is 43.9 Å². The molecule has 0 spiro atoms. The van der Waals surface area contributed by atoms with E-state index < -0.39 is 0 Å². The molecule has 2 aliphatic rings. The third-order valence-corrected chi connectivity index (χ3v) is 6.71. The minimum Gasteiger partial charge on any atom is -0.372 e. The molecule has 2 saturated heterocycles. The fourth-order valence-electron chi connectivity index (χ4n) is 4.01. The van der Waals surface area contributed by atoms with E-state index in [4.69, 9.17) is 14.2 Å². The Morgan fingerprint density at radius 3 is 1.82 bits per heavy atom. The van der Waals surface area contributed by atoms with Crippen LogP contribution in [0.15, 0.2) is 0 Å². The monoisotopic (exact) mass is 312 g/mol. The van der Waals surface area contributed by atoms with Gasteiger partial charge in [0.1, 0.15) is 0 Å². The van der Waals surface area contributed by atoms with Crippen molar-refractivity contribution in [3.8, 4) is 0 Å². The summed E-state index contributed by atoms with van der Waals surface area (Å²) in [6.45, 7) is 18.0. The Morgan fingerprint density at radius 1 is 0.682 bits per heavy atom. The summed E-state index contributed by atoms with van der Waals surface area (Å²) in [7, 11) is 0. The van der Waals surface area contributed by atoms with Crippen molar-refractivity contribution in [3.05, 3.63) is 0 Å². The highest BCUT2D eigenvalue weighted by Gasteiger charge is 2.44. The van der Waals surface area contributed by atoms with Crippen LogP contribution in [0.1, 0.15) is 61.8 Å². The SMILES string of the molecule is CCC1O[C@H](C)C(C)[C@@H](C)[C@@H]1O[C@@H]1O[C@@H](C)[C@@H](C)C(C)C1C. The Hall–Kier alpha value is -0.120. The van der Waals surface area contributed by atoms with E-state index in [9.17, 15) is 0 Å². The van der Waals surface area contributed by atoms with Crippen molar-refractivity contribution in [1.82, 2.24) is 0 Å². The number of rotatable bonds is 3. The summed E-state index contributed by atoms with van der Waals surface area (Å²) in [5.74, 6) is 2.63. The van der Waals surface area contributed by atoms with E-state index in [-0.39, 0.29) is 24.6 Å². The molecule has 0 aromatic rings. The van der Waals surface area contributed by atoms with Gasteiger partial charge in [0.25, 0.3) is 0 Å². The van der Waals surface area contributed by atoms with Crippen LogP contribution in [0.5, 0.6) is 0 Å². The van der Waals surface area contributed by atoms with Crippen LogP contribution in [0.3, 0.4) is 0 Å². The summed E-state index contributed by atoms with van der Waals surface area (Å²) in [5, 5.41) is 0. The maximum absolute atomic E-state index is 6.52. The quantitative estimate of drug-likeness (QED) is 0.768. The lowest BCUT2D eigenvalue weighted by molar-refractivity contribution is -0.296. The lowest BCUT2D eigenvalue weighted by Crippen LogP contribution is -2.53. The van der Waals surface area contributed by atoms with Crippen LogP contribution >= 0.6 is 0 Å². The van der Waals surface area contributed by atoms with Gasteiger partial charge in [-0.1, -0.05) is 41.5 Å². The summed E-state index contributed by atoms with van der Waals surface area (Å²) in [6.07, 6.45) is 1.77. The van der Waals surface area contributed by atoms with Crippen molar-refractivity contribution in [1.29, 1.82) is 0 Å². The molecule has 130 valence electrons. The fraction of sp³-hybridized carbons (Fsp3) is 1.00. The minimum absolute atomic E-state index is 0.105. The third kappa shape index (κ3) is 3.37. The molecule has 4 unspecified atom stereocenters. The highest BCUT2D eigenvalue weighted by atomic mass is 16.7. The molecule has 0 radical (unpaired) electrons. The lowest BCUT2D eigenvalue weighted by Gasteiger charge is -2.48. The molecule has 0 aromatic carbocycles. The predicted molar refractivity (Wildman–Crippen MR) is 89.7 cm³/mol. The Balaban J connectivity index is 2.10. The predicted octanol–water partition coefficient (Wildman–Crippen LogP) is 4.49. The van der Waals surface area contributed by atoms with E-state index in [1.54, 1.807) is 0 Å². The largest absolute Gasteiger partial charge is 0.372 e. The Kier molecular flexibility index (Phi) is 5.95. The zero-order valence-electron chi connectivity index (χ0n) is 15.7. The van der Waals surface area contributed by atoms with Gasteiger partial charge in [0, 0.05) is 5.92 Å². The van der Waals surface area contributed by atoms with Gasteiger partial charge in [-0.2, -0.15) is 0 Å². The van der Waals surface area contributed by atoms with E-state index in [0.717, 1.165) is 6.42 Å². The molecule has 2 aliphatic heterocycles. The second kappa shape index (κ2) is 7.19. The second-order valence-corrected chi connectivity index (χ2v) is 7.89. The van der Waals surface area contributed by atoms with E-state index in [0.29, 0.717) is 35.7 Å². The maximum Gasteiger partial charge on any atom is 0.161 e. The molecular weight excluding hydrogens is 276 g/mol. The van der Waals surface area contributed by atoms with Crippen molar-refractivity contribution in [2.45, 2.75) is 92.5 Å². The molecule has 0 aromatic heterocycles. The van der Waals surface area contributed by atoms with Crippen LogP contribution in [-0.4, -0.2) is 30.7 Å². The summed E-state index contributed by atoms with van der Waals surface area (Å²) < 4.78 is 18.9. The van der Waals surface area contributed by atoms with Gasteiger partial charge < -0.3 is 14.2 Å². The third-order valence-electron chi connectivity index (χ3n) is 6.71. The first-order valence-electron chi connectivity index (χ1n) is 9.24. The molecule has 0 bridgehead atoms. The van der Waals surface area contributed by atoms with Crippen LogP contribution in [0.25, 0.3) is 0 Å². The second-order valence-electron chi connectivity index (χ2n) is 7.89. The highest BCUT2D eigenvalue weighted by Crippen LogP contribution is 2.39. The summed E-state index contributed by atoms with van der Waals surface area (Å²) in [6, 6.07) is 0. The number of hydrogen-bond donors (Lipinski definition) is 0. The normalized spacial score (nSPS) is 53.5. The molecule has 2 rings (SSSR count). The molecule has 0 N–H and O–H groups in total. The van der Waals surface area contributed by atoms with Gasteiger partial charge in [-0.25, -0.2) is 0 Å². The minimum atomic E-state index is -0.105. The van der Waals surface area contributed by atoms with Crippen LogP contribution in [-0.2, 0) is 14.2 Å². The Labute approximate surface area is 137 Å². The molecule has 22 heavy (non-hydrogen) atoms. The van der Waals surface area contributed by atoms with Crippen molar-refractivity contribution in [2.75, 3.05) is 0 Å². The first-order valence-corrected chi connectivity index (χ1v) is 9.24. The first kappa shape index (κ1) is 18.2. The average Bonchev–Trinajstić information content (AvgIpc) is 2.50. The Bertz CT molecular complexity index is 357. The Morgan fingerprint density at radius 2 is 1.23 bits per heavy atom. The van der Waals surface area contributed by atoms with E-state index in [2.05, 4.69) is 55.4 Å². The molecule has 3 heteroatoms. The van der Waals surface area contributed by atoms with Gasteiger partial charge in [-0.3, -0.25) is 0 Å². The lowest BCUT2D eigenvalue weighted by atomic mass is 9.78. The molecule has 0 saturated carbocycles. The fourth-order valence-corrected chi connectivity index (χ4v) is 4.01. The molecule has 2 heterocycles. The van der Waals surface area contributed by atoms with Crippen LogP contribution in [0.2, 0.25) is 0 Å². The highest BCUT2D eigenvalue weighted by molar-refractivity contribution is 4.89. The van der Waals surface area contributed by atoms with Crippen LogP contribution in [0.4, 0.5) is 0 Å². The topological polar surface area (TPSA) is 27.7 Å². The van der Waals surface area contributed by atoms with E-state index in [1.165, 1.54) is 0 Å². The standard InChI is InChI=1S/C19H36O3/c1-9-17-18(13(5)12(4)15(7)20-17)22-19-14(6)10(2)11(3)16(8)21-19/h10-19H,9H2,1-8H3/t10?,11-,12?,13+,14?,15+,16-,17?,18-,19-/m0/s1. The van der Waals surface area contributed by atoms with Crippen molar-refractivity contribution >= 4 is 0 Å². The molecular formula is C19H36O3. The summed E-state index contributed by atoms with van der Waals surface area (Å²) >= 11 is 0. The van der Waals surface area contributed by atoms with Gasteiger partial charge >= 0.3 is 0 Å². The maximum atomic E-state index is 6.52. The van der Waals surface area contributed by atoms with Crippen LogP contribution < -0.4 is 0 Å². The van der Waals surface area contributed by atoms with Crippen molar-refractivity contribution < 1.29 is 14.2 Å². The molecule has 10 atom stereocenters. The van der Waals surface area contributed by atoms with Crippen molar-refractivity contribution in [2.24, 2.45) is 29.6 Å². The molecule has 0 amide bonds. The van der Waals surface area contributed by atoms with E-state index in [1.807, 2.05) is 0 Å². The van der Waals surface area contributed by atoms with Crippen LogP contribution in [0, 0.1) is 29.6 Å². The number of hydrogen-bond acceptors (Lipinski definition) is 3. The average molecular weight is 312 g/mol. The summed E-state index contributed by atoms with van der Waals surface area (Å²) in [5.41, 5.74) is 0. The van der Waals surface area contributed by atoms with Gasteiger partial charge in [0.05, 0.1) is 24.4 Å². The van der Waals surface area contributed by atoms with Gasteiger partial charge in [0.15, 0.2) is 6.29 Å². The van der Waals surface area contributed by atoms with Crippen molar-refractivity contribution in [3.63, 3.8) is 0 Å². The van der Waals surface area contributed by atoms with Gasteiger partial charge in [-0.15, -0.1) is 0 Å². The first-order chi connectivity index (χ1) is 10.3. The molecule has 3 nitrogen and oxygen atoms in total.